The first kappa shape index (κ1) is 12.6. The lowest BCUT2D eigenvalue weighted by atomic mass is 10.3. The fourth-order valence-corrected chi connectivity index (χ4v) is 1.72. The highest BCUT2D eigenvalue weighted by Gasteiger charge is 2.16. The smallest absolute Gasteiger partial charge is 0.329 e. The van der Waals surface area contributed by atoms with E-state index in [1.807, 2.05) is 0 Å². The first-order chi connectivity index (χ1) is 8.58. The van der Waals surface area contributed by atoms with Gasteiger partial charge in [-0.3, -0.25) is 15.1 Å². The quantitative estimate of drug-likeness (QED) is 0.629. The molecule has 2 aromatic rings. The van der Waals surface area contributed by atoms with Gasteiger partial charge in [0.25, 0.3) is 0 Å². The standard InChI is InChI=1S/C11H6Cl2N2O3/c12-7-1-2-10(8(13)5-7)18-11-3-4-14-6-9(11)15(16)17/h1-6H. The molecule has 0 bridgehead atoms. The molecule has 0 N–H and O–H groups in total. The van der Waals surface area contributed by atoms with E-state index in [9.17, 15) is 10.1 Å². The summed E-state index contributed by atoms with van der Waals surface area (Å²) in [7, 11) is 0. The van der Waals surface area contributed by atoms with E-state index < -0.39 is 4.92 Å². The van der Waals surface area contributed by atoms with Gasteiger partial charge in [-0.25, -0.2) is 0 Å². The second-order valence-corrected chi connectivity index (χ2v) is 4.12. The summed E-state index contributed by atoms with van der Waals surface area (Å²) < 4.78 is 5.38. The Bertz CT molecular complexity index is 605. The van der Waals surface area contributed by atoms with Crippen molar-refractivity contribution in [2.75, 3.05) is 0 Å². The number of aromatic nitrogens is 1. The van der Waals surface area contributed by atoms with Gasteiger partial charge in [0.2, 0.25) is 5.75 Å². The molecule has 0 saturated carbocycles. The van der Waals surface area contributed by atoms with Crippen molar-refractivity contribution in [3.63, 3.8) is 0 Å². The number of nitrogens with zero attached hydrogens (tertiary/aromatic N) is 2. The number of benzene rings is 1. The summed E-state index contributed by atoms with van der Waals surface area (Å²) in [5, 5.41) is 11.5. The summed E-state index contributed by atoms with van der Waals surface area (Å²) in [6, 6.07) is 6.00. The van der Waals surface area contributed by atoms with Gasteiger partial charge < -0.3 is 4.74 Å². The van der Waals surface area contributed by atoms with Crippen molar-refractivity contribution in [2.45, 2.75) is 0 Å². The summed E-state index contributed by atoms with van der Waals surface area (Å²) >= 11 is 11.7. The molecule has 1 aromatic carbocycles. The number of nitro groups is 1. The van der Waals surface area contributed by atoms with Gasteiger partial charge in [0.15, 0.2) is 0 Å². The molecule has 0 amide bonds. The second-order valence-electron chi connectivity index (χ2n) is 3.28. The third kappa shape index (κ3) is 2.69. The van der Waals surface area contributed by atoms with Crippen LogP contribution in [0.3, 0.4) is 0 Å². The number of rotatable bonds is 3. The molecule has 0 aliphatic carbocycles. The van der Waals surface area contributed by atoms with E-state index in [2.05, 4.69) is 4.98 Å². The predicted molar refractivity (Wildman–Crippen MR) is 67.4 cm³/mol. The molecule has 2 rings (SSSR count). The van der Waals surface area contributed by atoms with Crippen LogP contribution in [0.15, 0.2) is 36.7 Å². The number of ether oxygens (including phenoxy) is 1. The van der Waals surface area contributed by atoms with Crippen molar-refractivity contribution in [3.05, 3.63) is 56.8 Å². The van der Waals surface area contributed by atoms with Gasteiger partial charge in [-0.1, -0.05) is 23.2 Å². The van der Waals surface area contributed by atoms with Crippen molar-refractivity contribution in [2.24, 2.45) is 0 Å². The lowest BCUT2D eigenvalue weighted by Crippen LogP contribution is -1.94. The molecule has 1 heterocycles. The maximum absolute atomic E-state index is 10.8. The van der Waals surface area contributed by atoms with Crippen LogP contribution in [0.5, 0.6) is 11.5 Å². The van der Waals surface area contributed by atoms with E-state index in [4.69, 9.17) is 27.9 Å². The Balaban J connectivity index is 2.37. The molecule has 0 atom stereocenters. The van der Waals surface area contributed by atoms with E-state index in [0.29, 0.717) is 5.02 Å². The van der Waals surface area contributed by atoms with Crippen LogP contribution in [0.4, 0.5) is 5.69 Å². The Labute approximate surface area is 112 Å². The summed E-state index contributed by atoms with van der Waals surface area (Å²) in [5.41, 5.74) is -0.233. The zero-order valence-corrected chi connectivity index (χ0v) is 10.4. The van der Waals surface area contributed by atoms with Gasteiger partial charge in [0.1, 0.15) is 11.9 Å². The van der Waals surface area contributed by atoms with Crippen LogP contribution in [0.2, 0.25) is 10.0 Å². The minimum atomic E-state index is -0.577. The molecule has 0 unspecified atom stereocenters. The minimum absolute atomic E-state index is 0.0687. The third-order valence-corrected chi connectivity index (χ3v) is 2.60. The summed E-state index contributed by atoms with van der Waals surface area (Å²) in [6.45, 7) is 0. The highest BCUT2D eigenvalue weighted by molar-refractivity contribution is 6.35. The van der Waals surface area contributed by atoms with Crippen LogP contribution in [0.1, 0.15) is 0 Å². The number of hydrogen-bond donors (Lipinski definition) is 0. The third-order valence-electron chi connectivity index (χ3n) is 2.07. The number of halogens is 2. The van der Waals surface area contributed by atoms with E-state index in [1.165, 1.54) is 24.4 Å². The molecule has 0 fully saturated rings. The molecule has 7 heteroatoms. The maximum atomic E-state index is 10.8. The fourth-order valence-electron chi connectivity index (χ4n) is 1.27. The highest BCUT2D eigenvalue weighted by Crippen LogP contribution is 2.35. The van der Waals surface area contributed by atoms with Gasteiger partial charge in [0, 0.05) is 17.3 Å². The molecule has 0 aliphatic heterocycles. The summed E-state index contributed by atoms with van der Waals surface area (Å²) in [5.74, 6) is 0.356. The van der Waals surface area contributed by atoms with Crippen molar-refractivity contribution in [3.8, 4) is 11.5 Å². The SMILES string of the molecule is O=[N+]([O-])c1cnccc1Oc1ccc(Cl)cc1Cl. The molecular formula is C11H6Cl2N2O3. The van der Waals surface area contributed by atoms with Crippen LogP contribution < -0.4 is 4.74 Å². The van der Waals surface area contributed by atoms with Gasteiger partial charge in [-0.2, -0.15) is 0 Å². The summed E-state index contributed by atoms with van der Waals surface area (Å²) in [6.07, 6.45) is 2.51. The van der Waals surface area contributed by atoms with Crippen LogP contribution in [0, 0.1) is 10.1 Å². The van der Waals surface area contributed by atoms with Crippen molar-refractivity contribution < 1.29 is 9.66 Å². The van der Waals surface area contributed by atoms with E-state index in [0.717, 1.165) is 6.20 Å². The van der Waals surface area contributed by atoms with Crippen LogP contribution in [-0.4, -0.2) is 9.91 Å². The van der Waals surface area contributed by atoms with Crippen molar-refractivity contribution >= 4 is 28.9 Å². The van der Waals surface area contributed by atoms with Gasteiger partial charge in [0.05, 0.1) is 9.95 Å². The number of hydrogen-bond acceptors (Lipinski definition) is 4. The Morgan fingerprint density at radius 2 is 2.00 bits per heavy atom. The first-order valence-corrected chi connectivity index (χ1v) is 5.55. The molecule has 0 aliphatic rings. The van der Waals surface area contributed by atoms with E-state index >= 15 is 0 Å². The molecule has 0 saturated heterocycles. The summed E-state index contributed by atoms with van der Waals surface area (Å²) in [4.78, 5) is 13.9. The van der Waals surface area contributed by atoms with E-state index in [1.54, 1.807) is 6.07 Å². The van der Waals surface area contributed by atoms with Crippen molar-refractivity contribution in [1.29, 1.82) is 0 Å². The molecule has 1 aromatic heterocycles. The molecule has 0 radical (unpaired) electrons. The number of pyridine rings is 1. The predicted octanol–water partition coefficient (Wildman–Crippen LogP) is 4.09. The van der Waals surface area contributed by atoms with Gasteiger partial charge in [-0.15, -0.1) is 0 Å². The van der Waals surface area contributed by atoms with Crippen molar-refractivity contribution in [1.82, 2.24) is 4.98 Å². The average molecular weight is 285 g/mol. The Morgan fingerprint density at radius 3 is 2.67 bits per heavy atom. The van der Waals surface area contributed by atoms with E-state index in [-0.39, 0.29) is 22.2 Å². The average Bonchev–Trinajstić information content (AvgIpc) is 2.33. The molecule has 0 spiro atoms. The normalized spacial score (nSPS) is 10.1. The first-order valence-electron chi connectivity index (χ1n) is 4.79. The zero-order chi connectivity index (χ0) is 13.1. The largest absolute Gasteiger partial charge is 0.448 e. The topological polar surface area (TPSA) is 65.3 Å². The fraction of sp³-hybridized carbons (Fsp3) is 0. The molecule has 18 heavy (non-hydrogen) atoms. The van der Waals surface area contributed by atoms with Crippen LogP contribution >= 0.6 is 23.2 Å². The molecule has 92 valence electrons. The zero-order valence-electron chi connectivity index (χ0n) is 8.84. The lowest BCUT2D eigenvalue weighted by Gasteiger charge is -2.07. The van der Waals surface area contributed by atoms with Gasteiger partial charge in [-0.05, 0) is 18.2 Å². The Kier molecular flexibility index (Phi) is 3.64. The highest BCUT2D eigenvalue weighted by atomic mass is 35.5. The Hall–Kier alpha value is -1.85. The monoisotopic (exact) mass is 284 g/mol. The van der Waals surface area contributed by atoms with Crippen LogP contribution in [0.25, 0.3) is 0 Å². The molecular weight excluding hydrogens is 279 g/mol. The maximum Gasteiger partial charge on any atom is 0.329 e. The van der Waals surface area contributed by atoms with Gasteiger partial charge >= 0.3 is 5.69 Å². The molecule has 5 nitrogen and oxygen atoms in total. The lowest BCUT2D eigenvalue weighted by molar-refractivity contribution is -0.386. The van der Waals surface area contributed by atoms with Crippen LogP contribution in [-0.2, 0) is 0 Å². The second kappa shape index (κ2) is 5.20. The Morgan fingerprint density at radius 1 is 1.22 bits per heavy atom. The minimum Gasteiger partial charge on any atom is -0.448 e.